The number of aromatic nitrogens is 4. The molecule has 0 spiro atoms. The number of hydrogen-bond acceptors (Lipinski definition) is 3. The number of aromatic amines is 1. The first-order valence-corrected chi connectivity index (χ1v) is 7.62. The lowest BCUT2D eigenvalue weighted by Gasteiger charge is -2.02. The molecule has 110 valence electrons. The average molecular weight is 276 g/mol. The van der Waals surface area contributed by atoms with E-state index in [1.807, 2.05) is 0 Å². The fourth-order valence-electron chi connectivity index (χ4n) is 2.54. The first-order valence-electron chi connectivity index (χ1n) is 7.62. The molecule has 0 saturated carbocycles. The van der Waals surface area contributed by atoms with Crippen molar-refractivity contribution in [2.75, 3.05) is 0 Å². The van der Waals surface area contributed by atoms with E-state index in [2.05, 4.69) is 28.9 Å². The van der Waals surface area contributed by atoms with Crippen LogP contribution in [0.25, 0.3) is 11.0 Å². The molecular weight excluding hydrogens is 252 g/mol. The molecule has 0 aliphatic heterocycles. The zero-order chi connectivity index (χ0) is 14.5. The third-order valence-electron chi connectivity index (χ3n) is 3.57. The van der Waals surface area contributed by atoms with E-state index in [9.17, 15) is 4.79 Å². The third kappa shape index (κ3) is 3.08. The van der Waals surface area contributed by atoms with Crippen molar-refractivity contribution in [3.63, 3.8) is 0 Å². The monoisotopic (exact) mass is 276 g/mol. The van der Waals surface area contributed by atoms with Gasteiger partial charge in [0, 0.05) is 13.5 Å². The zero-order valence-corrected chi connectivity index (χ0v) is 12.7. The standard InChI is InChI=1S/C15H24N4O/c1-4-6-7-8-10-12-16-13-11(9-5-2)18-19(3)14(13)15(20)17-12/h4-10H2,1-3H3,(H,16,17,20). The molecule has 2 aromatic rings. The Kier molecular flexibility index (Phi) is 4.93. The van der Waals surface area contributed by atoms with Crippen LogP contribution in [0.5, 0.6) is 0 Å². The maximum atomic E-state index is 12.2. The van der Waals surface area contributed by atoms with Gasteiger partial charge in [-0.05, 0) is 12.8 Å². The molecule has 2 heterocycles. The Morgan fingerprint density at radius 2 is 1.90 bits per heavy atom. The fourth-order valence-corrected chi connectivity index (χ4v) is 2.54. The summed E-state index contributed by atoms with van der Waals surface area (Å²) in [6.07, 6.45) is 7.42. The maximum Gasteiger partial charge on any atom is 0.277 e. The molecule has 2 aromatic heterocycles. The summed E-state index contributed by atoms with van der Waals surface area (Å²) in [7, 11) is 1.80. The molecule has 2 rings (SSSR count). The van der Waals surface area contributed by atoms with Crippen molar-refractivity contribution < 1.29 is 0 Å². The van der Waals surface area contributed by atoms with E-state index in [0.29, 0.717) is 5.52 Å². The molecule has 0 unspecified atom stereocenters. The van der Waals surface area contributed by atoms with Crippen LogP contribution in [0, 0.1) is 0 Å². The van der Waals surface area contributed by atoms with Crippen LogP contribution in [-0.2, 0) is 19.9 Å². The summed E-state index contributed by atoms with van der Waals surface area (Å²) in [4.78, 5) is 19.7. The summed E-state index contributed by atoms with van der Waals surface area (Å²) >= 11 is 0. The minimum atomic E-state index is -0.0714. The molecule has 0 aliphatic carbocycles. The summed E-state index contributed by atoms with van der Waals surface area (Å²) in [6.45, 7) is 4.30. The van der Waals surface area contributed by atoms with Crippen LogP contribution in [0.2, 0.25) is 0 Å². The molecule has 0 amide bonds. The normalized spacial score (nSPS) is 11.3. The second-order valence-electron chi connectivity index (χ2n) is 5.34. The number of hydrogen-bond donors (Lipinski definition) is 1. The highest BCUT2D eigenvalue weighted by Crippen LogP contribution is 2.14. The van der Waals surface area contributed by atoms with E-state index in [1.165, 1.54) is 19.3 Å². The smallest absolute Gasteiger partial charge is 0.277 e. The van der Waals surface area contributed by atoms with Crippen LogP contribution < -0.4 is 5.56 Å². The van der Waals surface area contributed by atoms with Gasteiger partial charge in [-0.3, -0.25) is 9.48 Å². The molecule has 5 heteroatoms. The second-order valence-corrected chi connectivity index (χ2v) is 5.34. The van der Waals surface area contributed by atoms with Gasteiger partial charge in [0.2, 0.25) is 0 Å². The van der Waals surface area contributed by atoms with E-state index in [4.69, 9.17) is 0 Å². The van der Waals surface area contributed by atoms with Crippen molar-refractivity contribution in [3.8, 4) is 0 Å². The topological polar surface area (TPSA) is 63.6 Å². The molecule has 5 nitrogen and oxygen atoms in total. The van der Waals surface area contributed by atoms with Gasteiger partial charge >= 0.3 is 0 Å². The van der Waals surface area contributed by atoms with Gasteiger partial charge in [0.25, 0.3) is 5.56 Å². The zero-order valence-electron chi connectivity index (χ0n) is 12.7. The average Bonchev–Trinajstić information content (AvgIpc) is 2.72. The highest BCUT2D eigenvalue weighted by molar-refractivity contribution is 5.76. The molecule has 0 aliphatic rings. The van der Waals surface area contributed by atoms with E-state index in [0.717, 1.165) is 42.7 Å². The van der Waals surface area contributed by atoms with Gasteiger partial charge < -0.3 is 4.98 Å². The van der Waals surface area contributed by atoms with Gasteiger partial charge in [-0.2, -0.15) is 5.10 Å². The van der Waals surface area contributed by atoms with Crippen molar-refractivity contribution in [3.05, 3.63) is 21.9 Å². The van der Waals surface area contributed by atoms with Crippen molar-refractivity contribution in [1.29, 1.82) is 0 Å². The van der Waals surface area contributed by atoms with Gasteiger partial charge in [0.05, 0.1) is 5.69 Å². The molecule has 1 N–H and O–H groups in total. The van der Waals surface area contributed by atoms with Crippen LogP contribution in [0.4, 0.5) is 0 Å². The molecule has 0 atom stereocenters. The number of H-pyrrole nitrogens is 1. The highest BCUT2D eigenvalue weighted by atomic mass is 16.1. The van der Waals surface area contributed by atoms with Crippen molar-refractivity contribution in [1.82, 2.24) is 19.7 Å². The van der Waals surface area contributed by atoms with Crippen molar-refractivity contribution in [2.24, 2.45) is 7.05 Å². The number of nitrogens with zero attached hydrogens (tertiary/aromatic N) is 3. The minimum absolute atomic E-state index is 0.0714. The fraction of sp³-hybridized carbons (Fsp3) is 0.667. The highest BCUT2D eigenvalue weighted by Gasteiger charge is 2.14. The Morgan fingerprint density at radius 1 is 1.10 bits per heavy atom. The van der Waals surface area contributed by atoms with E-state index < -0.39 is 0 Å². The third-order valence-corrected chi connectivity index (χ3v) is 3.57. The molecule has 0 radical (unpaired) electrons. The Hall–Kier alpha value is -1.65. The number of nitrogens with one attached hydrogen (secondary N) is 1. The predicted octanol–water partition coefficient (Wildman–Crippen LogP) is 2.73. The first kappa shape index (κ1) is 14.8. The number of fused-ring (bicyclic) bond motifs is 1. The summed E-state index contributed by atoms with van der Waals surface area (Å²) in [6, 6.07) is 0. The lowest BCUT2D eigenvalue weighted by atomic mass is 10.1. The molecule has 0 fully saturated rings. The van der Waals surface area contributed by atoms with Crippen LogP contribution in [0.3, 0.4) is 0 Å². The number of unbranched alkanes of at least 4 members (excludes halogenated alkanes) is 3. The van der Waals surface area contributed by atoms with E-state index in [1.54, 1.807) is 11.7 Å². The summed E-state index contributed by atoms with van der Waals surface area (Å²) in [5.41, 5.74) is 2.23. The van der Waals surface area contributed by atoms with Gasteiger partial charge in [-0.1, -0.05) is 39.5 Å². The van der Waals surface area contributed by atoms with Crippen LogP contribution in [0.15, 0.2) is 4.79 Å². The molecule has 20 heavy (non-hydrogen) atoms. The van der Waals surface area contributed by atoms with Crippen molar-refractivity contribution in [2.45, 2.75) is 58.8 Å². The first-order chi connectivity index (χ1) is 9.67. The Bertz CT molecular complexity index is 627. The summed E-state index contributed by atoms with van der Waals surface area (Å²) < 4.78 is 1.65. The van der Waals surface area contributed by atoms with Crippen LogP contribution in [0.1, 0.15) is 57.5 Å². The predicted molar refractivity (Wildman–Crippen MR) is 81.0 cm³/mol. The lowest BCUT2D eigenvalue weighted by Crippen LogP contribution is -2.14. The maximum absolute atomic E-state index is 12.2. The van der Waals surface area contributed by atoms with Gasteiger partial charge in [-0.15, -0.1) is 0 Å². The SMILES string of the molecule is CCCCCCc1nc2c(CCC)nn(C)c2c(=O)[nH]1. The van der Waals surface area contributed by atoms with Crippen LogP contribution in [-0.4, -0.2) is 19.7 Å². The lowest BCUT2D eigenvalue weighted by molar-refractivity contribution is 0.652. The van der Waals surface area contributed by atoms with Gasteiger partial charge in [0.1, 0.15) is 11.3 Å². The van der Waals surface area contributed by atoms with E-state index in [-0.39, 0.29) is 5.56 Å². The Balaban J connectivity index is 2.29. The largest absolute Gasteiger partial charge is 0.309 e. The van der Waals surface area contributed by atoms with Crippen LogP contribution >= 0.6 is 0 Å². The summed E-state index contributed by atoms with van der Waals surface area (Å²) in [5.74, 6) is 0.795. The molecule has 0 aromatic carbocycles. The number of rotatable bonds is 7. The van der Waals surface area contributed by atoms with Gasteiger partial charge in [0.15, 0.2) is 5.52 Å². The number of aryl methyl sites for hydroxylation is 3. The Labute approximate surface area is 119 Å². The second kappa shape index (κ2) is 6.68. The minimum Gasteiger partial charge on any atom is -0.309 e. The molecular formula is C15H24N4O. The quantitative estimate of drug-likeness (QED) is 0.791. The Morgan fingerprint density at radius 3 is 2.60 bits per heavy atom. The van der Waals surface area contributed by atoms with Crippen molar-refractivity contribution >= 4 is 11.0 Å². The summed E-state index contributed by atoms with van der Waals surface area (Å²) in [5, 5.41) is 4.43. The van der Waals surface area contributed by atoms with Gasteiger partial charge in [-0.25, -0.2) is 4.98 Å². The molecule has 0 bridgehead atoms. The molecule has 0 saturated heterocycles. The van der Waals surface area contributed by atoms with E-state index >= 15 is 0 Å².